The summed E-state index contributed by atoms with van der Waals surface area (Å²) in [5.41, 5.74) is 2.81. The van der Waals surface area contributed by atoms with Crippen molar-refractivity contribution in [1.82, 2.24) is 0 Å². The van der Waals surface area contributed by atoms with E-state index in [0.29, 0.717) is 17.7 Å². The zero-order valence-corrected chi connectivity index (χ0v) is 13.6. The molecule has 0 unspecified atom stereocenters. The van der Waals surface area contributed by atoms with E-state index < -0.39 is 0 Å². The van der Waals surface area contributed by atoms with Crippen molar-refractivity contribution in [3.63, 3.8) is 0 Å². The summed E-state index contributed by atoms with van der Waals surface area (Å²) < 4.78 is 0. The van der Waals surface area contributed by atoms with Gasteiger partial charge in [-0.05, 0) is 43.2 Å². The number of nitrogens with one attached hydrogen (secondary N) is 2. The maximum atomic E-state index is 12.5. The Bertz CT molecular complexity index is 695. The van der Waals surface area contributed by atoms with Gasteiger partial charge in [0.15, 0.2) is 0 Å². The molecule has 4 heteroatoms. The number of hydrogen-bond donors (Lipinski definition) is 2. The van der Waals surface area contributed by atoms with Gasteiger partial charge in [0.25, 0.3) is 5.91 Å². The summed E-state index contributed by atoms with van der Waals surface area (Å²) in [7, 11) is 0. The first kappa shape index (κ1) is 16.7. The van der Waals surface area contributed by atoms with Crippen LogP contribution in [0.15, 0.2) is 48.5 Å². The molecule has 0 saturated heterocycles. The molecule has 0 saturated carbocycles. The van der Waals surface area contributed by atoms with E-state index in [1.54, 1.807) is 24.3 Å². The third-order valence-corrected chi connectivity index (χ3v) is 3.48. The second kappa shape index (κ2) is 8.13. The normalized spacial score (nSPS) is 10.2. The molecule has 4 nitrogen and oxygen atoms in total. The van der Waals surface area contributed by atoms with Gasteiger partial charge in [-0.25, -0.2) is 0 Å². The largest absolute Gasteiger partial charge is 0.325 e. The lowest BCUT2D eigenvalue weighted by Crippen LogP contribution is -2.18. The molecule has 0 aromatic heterocycles. The molecule has 2 rings (SSSR count). The van der Waals surface area contributed by atoms with E-state index in [1.807, 2.05) is 38.1 Å². The van der Waals surface area contributed by atoms with Gasteiger partial charge in [0.05, 0.1) is 11.3 Å². The summed E-state index contributed by atoms with van der Waals surface area (Å²) in [4.78, 5) is 24.4. The van der Waals surface area contributed by atoms with E-state index in [9.17, 15) is 9.59 Å². The Morgan fingerprint density at radius 2 is 1.78 bits per heavy atom. The Morgan fingerprint density at radius 1 is 1.00 bits per heavy atom. The molecule has 2 aromatic carbocycles. The van der Waals surface area contributed by atoms with Crippen LogP contribution in [0.25, 0.3) is 0 Å². The predicted molar refractivity (Wildman–Crippen MR) is 93.7 cm³/mol. The molecule has 0 bridgehead atoms. The minimum absolute atomic E-state index is 0.0670. The van der Waals surface area contributed by atoms with Crippen molar-refractivity contribution in [2.45, 2.75) is 33.1 Å². The van der Waals surface area contributed by atoms with Gasteiger partial charge >= 0.3 is 0 Å². The number of rotatable bonds is 6. The molecule has 0 fully saturated rings. The molecule has 0 aliphatic carbocycles. The van der Waals surface area contributed by atoms with Crippen molar-refractivity contribution in [3.05, 3.63) is 59.7 Å². The lowest BCUT2D eigenvalue weighted by molar-refractivity contribution is -0.116. The molecular weight excluding hydrogens is 288 g/mol. The van der Waals surface area contributed by atoms with Gasteiger partial charge in [-0.3, -0.25) is 9.59 Å². The third kappa shape index (κ3) is 4.95. The van der Waals surface area contributed by atoms with Crippen LogP contribution < -0.4 is 10.6 Å². The highest BCUT2D eigenvalue weighted by Gasteiger charge is 2.13. The minimum atomic E-state index is -0.234. The van der Waals surface area contributed by atoms with Crippen LogP contribution >= 0.6 is 0 Å². The number of carbonyl (C=O) groups is 2. The van der Waals surface area contributed by atoms with Crippen molar-refractivity contribution in [2.24, 2.45) is 0 Å². The Hall–Kier alpha value is -2.62. The first-order valence-electron chi connectivity index (χ1n) is 7.87. The maximum Gasteiger partial charge on any atom is 0.257 e. The maximum absolute atomic E-state index is 12.5. The van der Waals surface area contributed by atoms with Crippen LogP contribution in [0.3, 0.4) is 0 Å². The zero-order chi connectivity index (χ0) is 16.7. The lowest BCUT2D eigenvalue weighted by atomic mass is 10.1. The molecule has 0 spiro atoms. The SMILES string of the molecule is CCCCC(=O)Nc1ccccc1C(=O)Nc1cccc(C)c1. The summed E-state index contributed by atoms with van der Waals surface area (Å²) in [5.74, 6) is -0.301. The fourth-order valence-electron chi connectivity index (χ4n) is 2.26. The number of aryl methyl sites for hydroxylation is 1. The van der Waals surface area contributed by atoms with E-state index >= 15 is 0 Å². The fourth-order valence-corrected chi connectivity index (χ4v) is 2.26. The first-order valence-corrected chi connectivity index (χ1v) is 7.87. The first-order chi connectivity index (χ1) is 11.1. The lowest BCUT2D eigenvalue weighted by Gasteiger charge is -2.11. The topological polar surface area (TPSA) is 58.2 Å². The minimum Gasteiger partial charge on any atom is -0.325 e. The van der Waals surface area contributed by atoms with Crippen LogP contribution in [-0.2, 0) is 4.79 Å². The van der Waals surface area contributed by atoms with E-state index in [1.165, 1.54) is 0 Å². The molecule has 0 radical (unpaired) electrons. The quantitative estimate of drug-likeness (QED) is 0.832. The van der Waals surface area contributed by atoms with Crippen molar-refractivity contribution >= 4 is 23.2 Å². The van der Waals surface area contributed by atoms with E-state index in [2.05, 4.69) is 10.6 Å². The monoisotopic (exact) mass is 310 g/mol. The highest BCUT2D eigenvalue weighted by atomic mass is 16.2. The van der Waals surface area contributed by atoms with Crippen LogP contribution in [0.2, 0.25) is 0 Å². The summed E-state index contributed by atoms with van der Waals surface area (Å²) in [6.45, 7) is 4.01. The van der Waals surface area contributed by atoms with Gasteiger partial charge in [0.2, 0.25) is 5.91 Å². The Balaban J connectivity index is 2.12. The van der Waals surface area contributed by atoms with E-state index in [0.717, 1.165) is 24.1 Å². The van der Waals surface area contributed by atoms with Crippen LogP contribution in [0, 0.1) is 6.92 Å². The Kier molecular flexibility index (Phi) is 5.92. The zero-order valence-electron chi connectivity index (χ0n) is 13.6. The van der Waals surface area contributed by atoms with Crippen LogP contribution in [0.5, 0.6) is 0 Å². The van der Waals surface area contributed by atoms with Crippen molar-refractivity contribution in [2.75, 3.05) is 10.6 Å². The second-order valence-corrected chi connectivity index (χ2v) is 5.52. The number of unbranched alkanes of at least 4 members (excludes halogenated alkanes) is 1. The number of carbonyl (C=O) groups excluding carboxylic acids is 2. The second-order valence-electron chi connectivity index (χ2n) is 5.52. The number of hydrogen-bond acceptors (Lipinski definition) is 2. The number of amides is 2. The standard InChI is InChI=1S/C19H22N2O2/c1-3-4-12-18(22)21-17-11-6-5-10-16(17)19(23)20-15-9-7-8-14(2)13-15/h5-11,13H,3-4,12H2,1-2H3,(H,20,23)(H,21,22). The van der Waals surface area contributed by atoms with Crippen molar-refractivity contribution in [3.8, 4) is 0 Å². The summed E-state index contributed by atoms with van der Waals surface area (Å²) in [6.07, 6.45) is 2.26. The summed E-state index contributed by atoms with van der Waals surface area (Å²) >= 11 is 0. The smallest absolute Gasteiger partial charge is 0.257 e. The van der Waals surface area contributed by atoms with E-state index in [-0.39, 0.29) is 11.8 Å². The van der Waals surface area contributed by atoms with Gasteiger partial charge in [0, 0.05) is 12.1 Å². The predicted octanol–water partition coefficient (Wildman–Crippen LogP) is 4.38. The molecule has 0 atom stereocenters. The number of benzene rings is 2. The number of anilines is 2. The highest BCUT2D eigenvalue weighted by molar-refractivity contribution is 6.10. The van der Waals surface area contributed by atoms with Gasteiger partial charge in [-0.1, -0.05) is 37.6 Å². The average molecular weight is 310 g/mol. The van der Waals surface area contributed by atoms with Gasteiger partial charge in [-0.15, -0.1) is 0 Å². The summed E-state index contributed by atoms with van der Waals surface area (Å²) in [5, 5.41) is 5.69. The van der Waals surface area contributed by atoms with Crippen LogP contribution in [-0.4, -0.2) is 11.8 Å². The van der Waals surface area contributed by atoms with Gasteiger partial charge < -0.3 is 10.6 Å². The third-order valence-electron chi connectivity index (χ3n) is 3.48. The molecule has 0 heterocycles. The van der Waals surface area contributed by atoms with Crippen molar-refractivity contribution in [1.29, 1.82) is 0 Å². The van der Waals surface area contributed by atoms with Crippen LogP contribution in [0.4, 0.5) is 11.4 Å². The molecule has 2 amide bonds. The highest BCUT2D eigenvalue weighted by Crippen LogP contribution is 2.18. The molecule has 23 heavy (non-hydrogen) atoms. The molecule has 2 N–H and O–H groups in total. The van der Waals surface area contributed by atoms with E-state index in [4.69, 9.17) is 0 Å². The Morgan fingerprint density at radius 3 is 2.52 bits per heavy atom. The molecule has 2 aromatic rings. The molecule has 0 aliphatic heterocycles. The van der Waals surface area contributed by atoms with Crippen molar-refractivity contribution < 1.29 is 9.59 Å². The average Bonchev–Trinajstić information content (AvgIpc) is 2.53. The molecule has 0 aliphatic rings. The van der Waals surface area contributed by atoms with Gasteiger partial charge in [0.1, 0.15) is 0 Å². The molecule has 120 valence electrons. The van der Waals surface area contributed by atoms with Gasteiger partial charge in [-0.2, -0.15) is 0 Å². The molecular formula is C19H22N2O2. The number of para-hydroxylation sites is 1. The Labute approximate surface area is 136 Å². The van der Waals surface area contributed by atoms with Crippen LogP contribution in [0.1, 0.15) is 42.1 Å². The summed E-state index contributed by atoms with van der Waals surface area (Å²) in [6, 6.07) is 14.6. The fraction of sp³-hybridized carbons (Fsp3) is 0.263.